The quantitative estimate of drug-likeness (QED) is 0.268. The zero-order valence-electron chi connectivity index (χ0n) is 14.3. The first-order valence-corrected chi connectivity index (χ1v) is 8.40. The number of carboxylic acids is 1. The van der Waals surface area contributed by atoms with E-state index in [1.165, 1.54) is 0 Å². The molecule has 5 nitrogen and oxygen atoms in total. The van der Waals surface area contributed by atoms with Crippen LogP contribution in [0.4, 0.5) is 0 Å². The molecule has 0 amide bonds. The van der Waals surface area contributed by atoms with Crippen LogP contribution in [-0.4, -0.2) is 49.2 Å². The first-order valence-electron chi connectivity index (χ1n) is 8.40. The molecule has 0 atom stereocenters. The van der Waals surface area contributed by atoms with Crippen molar-refractivity contribution < 1.29 is 19.4 Å². The third-order valence-electron chi connectivity index (χ3n) is 3.34. The Morgan fingerprint density at radius 1 is 1.00 bits per heavy atom. The molecule has 0 saturated carbocycles. The van der Waals surface area contributed by atoms with Crippen LogP contribution in [0.25, 0.3) is 0 Å². The molecule has 0 saturated heterocycles. The van der Waals surface area contributed by atoms with Crippen molar-refractivity contribution in [3.05, 3.63) is 12.2 Å². The fourth-order valence-electron chi connectivity index (χ4n) is 1.83. The maximum Gasteiger partial charge on any atom is 0.330 e. The fourth-order valence-corrected chi connectivity index (χ4v) is 1.83. The van der Waals surface area contributed by atoms with E-state index in [-0.39, 0.29) is 5.57 Å². The molecular weight excluding hydrogens is 282 g/mol. The molecule has 0 aliphatic heterocycles. The highest BCUT2D eigenvalue weighted by atomic mass is 16.5. The van der Waals surface area contributed by atoms with E-state index in [9.17, 15) is 4.79 Å². The zero-order valence-corrected chi connectivity index (χ0v) is 14.3. The van der Waals surface area contributed by atoms with Crippen LogP contribution in [0.5, 0.6) is 0 Å². The van der Waals surface area contributed by atoms with Crippen LogP contribution in [-0.2, 0) is 14.3 Å². The number of carboxylic acid groups (broad SMARTS) is 1. The molecule has 130 valence electrons. The Hall–Kier alpha value is -0.910. The lowest BCUT2D eigenvalue weighted by molar-refractivity contribution is -0.132. The van der Waals surface area contributed by atoms with Crippen molar-refractivity contribution in [3.63, 3.8) is 0 Å². The number of hydrogen-bond acceptors (Lipinski definition) is 4. The molecule has 0 radical (unpaired) electrons. The van der Waals surface area contributed by atoms with Gasteiger partial charge in [0.1, 0.15) is 13.5 Å². The summed E-state index contributed by atoms with van der Waals surface area (Å²) < 4.78 is 11.3. The van der Waals surface area contributed by atoms with Crippen molar-refractivity contribution >= 4 is 5.97 Å². The Bertz CT molecular complexity index is 282. The molecule has 0 spiro atoms. The van der Waals surface area contributed by atoms with Gasteiger partial charge < -0.3 is 14.6 Å². The van der Waals surface area contributed by atoms with Crippen LogP contribution in [0.3, 0.4) is 0 Å². The number of ether oxygens (including phenoxy) is 2. The summed E-state index contributed by atoms with van der Waals surface area (Å²) in [5.41, 5.74) is 0.282. The lowest BCUT2D eigenvalue weighted by Gasteiger charge is -2.22. The van der Waals surface area contributed by atoms with E-state index >= 15 is 0 Å². The molecule has 5 heteroatoms. The van der Waals surface area contributed by atoms with E-state index < -0.39 is 5.97 Å². The number of nitrogens with zero attached hydrogens (tertiary/aromatic N) is 1. The zero-order chi connectivity index (χ0) is 16.6. The average Bonchev–Trinajstić information content (AvgIpc) is 2.50. The second-order valence-electron chi connectivity index (χ2n) is 5.54. The smallest absolute Gasteiger partial charge is 0.330 e. The summed E-state index contributed by atoms with van der Waals surface area (Å²) in [6.07, 6.45) is 6.68. The normalized spacial score (nSPS) is 11.0. The molecule has 0 aromatic rings. The summed E-state index contributed by atoms with van der Waals surface area (Å²) in [5.74, 6) is -0.900. The maximum atomic E-state index is 10.7. The topological polar surface area (TPSA) is 59.0 Å². The SMILES string of the molecule is C=C(CCCCN(COCCCC)COCCCC)C(=O)O. The van der Waals surface area contributed by atoms with Gasteiger partial charge in [-0.25, -0.2) is 4.79 Å². The number of carbonyl (C=O) groups is 1. The highest BCUT2D eigenvalue weighted by Crippen LogP contribution is 2.07. The standard InChI is InChI=1S/C17H33NO4/c1-4-6-12-21-14-18(15-22-13-7-5-2)11-9-8-10-16(3)17(19)20/h3-15H2,1-2H3,(H,19,20). The minimum Gasteiger partial charge on any atom is -0.478 e. The van der Waals surface area contributed by atoms with Gasteiger partial charge in [-0.3, -0.25) is 4.90 Å². The summed E-state index contributed by atoms with van der Waals surface area (Å²) >= 11 is 0. The van der Waals surface area contributed by atoms with E-state index in [1.807, 2.05) is 0 Å². The Balaban J connectivity index is 3.88. The minimum atomic E-state index is -0.900. The Labute approximate surface area is 135 Å². The van der Waals surface area contributed by atoms with Crippen molar-refractivity contribution in [1.29, 1.82) is 0 Å². The number of rotatable bonds is 16. The lowest BCUT2D eigenvalue weighted by atomic mass is 10.1. The lowest BCUT2D eigenvalue weighted by Crippen LogP contribution is -2.30. The number of unbranched alkanes of at least 4 members (excludes halogenated alkanes) is 3. The monoisotopic (exact) mass is 315 g/mol. The molecule has 0 fully saturated rings. The second kappa shape index (κ2) is 15.0. The van der Waals surface area contributed by atoms with Gasteiger partial charge in [-0.1, -0.05) is 33.3 Å². The van der Waals surface area contributed by atoms with Crippen LogP contribution in [0, 0.1) is 0 Å². The van der Waals surface area contributed by atoms with Crippen LogP contribution in [0.2, 0.25) is 0 Å². The van der Waals surface area contributed by atoms with E-state index in [1.54, 1.807) is 0 Å². The molecule has 0 heterocycles. The Morgan fingerprint density at radius 2 is 1.55 bits per heavy atom. The summed E-state index contributed by atoms with van der Waals surface area (Å²) in [4.78, 5) is 12.8. The molecule has 1 N–H and O–H groups in total. The summed E-state index contributed by atoms with van der Waals surface area (Å²) in [6.45, 7) is 11.4. The van der Waals surface area contributed by atoms with Gasteiger partial charge in [-0.05, 0) is 32.1 Å². The Kier molecular flexibility index (Phi) is 14.4. The van der Waals surface area contributed by atoms with Crippen LogP contribution in [0.15, 0.2) is 12.2 Å². The molecular formula is C17H33NO4. The van der Waals surface area contributed by atoms with Gasteiger partial charge >= 0.3 is 5.97 Å². The number of hydrogen-bond donors (Lipinski definition) is 1. The van der Waals surface area contributed by atoms with Crippen molar-refractivity contribution in [2.45, 2.75) is 58.8 Å². The Morgan fingerprint density at radius 3 is 2.00 bits per heavy atom. The fraction of sp³-hybridized carbons (Fsp3) is 0.824. The van der Waals surface area contributed by atoms with Crippen molar-refractivity contribution in [3.8, 4) is 0 Å². The summed E-state index contributed by atoms with van der Waals surface area (Å²) in [5, 5.41) is 8.77. The largest absolute Gasteiger partial charge is 0.478 e. The van der Waals surface area contributed by atoms with Gasteiger partial charge in [-0.2, -0.15) is 0 Å². The first-order chi connectivity index (χ1) is 10.6. The van der Waals surface area contributed by atoms with Gasteiger partial charge in [0, 0.05) is 25.3 Å². The van der Waals surface area contributed by atoms with Crippen LogP contribution in [0.1, 0.15) is 58.8 Å². The molecule has 0 aliphatic carbocycles. The average molecular weight is 315 g/mol. The predicted molar refractivity (Wildman–Crippen MR) is 88.8 cm³/mol. The van der Waals surface area contributed by atoms with Crippen molar-refractivity contribution in [1.82, 2.24) is 4.90 Å². The molecule has 0 aromatic heterocycles. The maximum absolute atomic E-state index is 10.7. The molecule has 0 rings (SSSR count). The molecule has 0 unspecified atom stereocenters. The van der Waals surface area contributed by atoms with E-state index in [0.29, 0.717) is 19.9 Å². The first kappa shape index (κ1) is 21.1. The third-order valence-corrected chi connectivity index (χ3v) is 3.34. The summed E-state index contributed by atoms with van der Waals surface area (Å²) in [6, 6.07) is 0. The van der Waals surface area contributed by atoms with Crippen LogP contribution < -0.4 is 0 Å². The van der Waals surface area contributed by atoms with E-state index in [0.717, 1.165) is 58.3 Å². The highest BCUT2D eigenvalue weighted by Gasteiger charge is 2.07. The van der Waals surface area contributed by atoms with Gasteiger partial charge in [0.25, 0.3) is 0 Å². The van der Waals surface area contributed by atoms with Crippen molar-refractivity contribution in [2.24, 2.45) is 0 Å². The number of aliphatic carboxylic acids is 1. The molecule has 0 aromatic carbocycles. The van der Waals surface area contributed by atoms with E-state index in [2.05, 4.69) is 25.3 Å². The van der Waals surface area contributed by atoms with Gasteiger partial charge in [-0.15, -0.1) is 0 Å². The molecule has 0 aliphatic rings. The van der Waals surface area contributed by atoms with Gasteiger partial charge in [0.15, 0.2) is 0 Å². The highest BCUT2D eigenvalue weighted by molar-refractivity contribution is 5.85. The minimum absolute atomic E-state index is 0.282. The second-order valence-corrected chi connectivity index (χ2v) is 5.54. The molecule has 0 bridgehead atoms. The van der Waals surface area contributed by atoms with E-state index in [4.69, 9.17) is 14.6 Å². The van der Waals surface area contributed by atoms with Gasteiger partial charge in [0.2, 0.25) is 0 Å². The third kappa shape index (κ3) is 12.8. The summed E-state index contributed by atoms with van der Waals surface area (Å²) in [7, 11) is 0. The van der Waals surface area contributed by atoms with Gasteiger partial charge in [0.05, 0.1) is 0 Å². The molecule has 22 heavy (non-hydrogen) atoms. The van der Waals surface area contributed by atoms with Crippen molar-refractivity contribution in [2.75, 3.05) is 33.2 Å². The van der Waals surface area contributed by atoms with Crippen LogP contribution >= 0.6 is 0 Å². The predicted octanol–water partition coefficient (Wildman–Crippen LogP) is 3.65.